The number of hydrogen-bond acceptors (Lipinski definition) is 14. The largest absolute Gasteiger partial charge is 0.467 e. The van der Waals surface area contributed by atoms with Crippen LogP contribution in [0.25, 0.3) is 22.5 Å². The lowest BCUT2D eigenvalue weighted by molar-refractivity contribution is -0.160. The molecule has 0 spiro atoms. The topological polar surface area (TPSA) is 210 Å². The number of aromatic nitrogens is 6. The van der Waals surface area contributed by atoms with E-state index < -0.39 is 59.5 Å². The molecule has 0 bridgehead atoms. The van der Waals surface area contributed by atoms with Gasteiger partial charge >= 0.3 is 24.0 Å². The van der Waals surface area contributed by atoms with Crippen molar-refractivity contribution >= 4 is 29.9 Å². The van der Waals surface area contributed by atoms with Gasteiger partial charge in [-0.3, -0.25) is 9.59 Å². The Morgan fingerprint density at radius 3 is 1.65 bits per heavy atom. The summed E-state index contributed by atoms with van der Waals surface area (Å²) in [6.07, 6.45) is 2.42. The van der Waals surface area contributed by atoms with E-state index in [4.69, 9.17) is 18.9 Å². The van der Waals surface area contributed by atoms with E-state index in [9.17, 15) is 29.1 Å². The molecule has 2 amide bonds. The third-order valence-corrected chi connectivity index (χ3v) is 8.02. The summed E-state index contributed by atoms with van der Waals surface area (Å²) in [6, 6.07) is 2.74. The number of carbonyl (C=O) groups excluding carboxylic acids is 5. The number of benzene rings is 1. The van der Waals surface area contributed by atoms with E-state index in [0.29, 0.717) is 11.1 Å². The van der Waals surface area contributed by atoms with Crippen LogP contribution in [0.1, 0.15) is 97.6 Å². The minimum absolute atomic E-state index is 0.0149. The van der Waals surface area contributed by atoms with Crippen LogP contribution in [0.15, 0.2) is 30.6 Å². The van der Waals surface area contributed by atoms with E-state index in [2.05, 4.69) is 20.6 Å². The van der Waals surface area contributed by atoms with Crippen LogP contribution in [0.4, 0.5) is 4.79 Å². The Hall–Kier alpha value is -5.39. The number of methoxy groups -OCH3 is 1. The van der Waals surface area contributed by atoms with Crippen molar-refractivity contribution in [2.75, 3.05) is 39.9 Å². The highest BCUT2D eigenvalue weighted by atomic mass is 16.6. The molecule has 1 aromatic carbocycles. The Morgan fingerprint density at radius 2 is 1.18 bits per heavy atom. The van der Waals surface area contributed by atoms with Gasteiger partial charge in [0.2, 0.25) is 0 Å². The second-order valence-electron chi connectivity index (χ2n) is 16.1. The predicted octanol–water partition coefficient (Wildman–Crippen LogP) is 3.61. The first-order chi connectivity index (χ1) is 25.6. The molecule has 3 aromatic rings. The van der Waals surface area contributed by atoms with Gasteiger partial charge in [0.1, 0.15) is 28.2 Å². The molecule has 300 valence electrons. The van der Waals surface area contributed by atoms with Gasteiger partial charge in [0.15, 0.2) is 12.1 Å². The number of amides is 2. The van der Waals surface area contributed by atoms with Crippen molar-refractivity contribution in [1.82, 2.24) is 39.8 Å². The van der Waals surface area contributed by atoms with Gasteiger partial charge in [-0.1, -0.05) is 10.4 Å². The molecule has 3 heterocycles. The van der Waals surface area contributed by atoms with Gasteiger partial charge in [0.05, 0.1) is 26.1 Å². The van der Waals surface area contributed by atoms with E-state index in [0.717, 1.165) is 4.68 Å². The molecule has 55 heavy (non-hydrogen) atoms. The summed E-state index contributed by atoms with van der Waals surface area (Å²) in [5.41, 5.74) is -0.552. The quantitative estimate of drug-likeness (QED) is 0.218. The Morgan fingerprint density at radius 1 is 0.691 bits per heavy atom. The Bertz CT molecular complexity index is 1860. The van der Waals surface area contributed by atoms with E-state index in [1.807, 2.05) is 0 Å². The third-order valence-electron chi connectivity index (χ3n) is 8.02. The summed E-state index contributed by atoms with van der Waals surface area (Å²) in [7, 11) is 1.19. The first-order valence-corrected chi connectivity index (χ1v) is 18.0. The molecule has 1 aliphatic rings. The minimum atomic E-state index is -1.15. The second-order valence-corrected chi connectivity index (χ2v) is 16.1. The van der Waals surface area contributed by atoms with E-state index in [1.165, 1.54) is 24.2 Å². The molecule has 1 saturated heterocycles. The van der Waals surface area contributed by atoms with Gasteiger partial charge in [-0.2, -0.15) is 0 Å². The Labute approximate surface area is 320 Å². The van der Waals surface area contributed by atoms with Gasteiger partial charge in [-0.25, -0.2) is 23.7 Å². The molecule has 0 unspecified atom stereocenters. The average Bonchev–Trinajstić information content (AvgIpc) is 3.77. The number of ether oxygens (including phenoxy) is 4. The number of piperazine rings is 1. The van der Waals surface area contributed by atoms with Crippen LogP contribution in [-0.4, -0.2) is 132 Å². The number of esters is 3. The summed E-state index contributed by atoms with van der Waals surface area (Å²) in [4.78, 5) is 68.2. The normalized spacial score (nSPS) is 14.9. The number of rotatable bonds is 11. The Balaban J connectivity index is 1.71. The fraction of sp³-hybridized carbons (Fsp3) is 0.595. The SMILES string of the molecule is COC(=O)[C@H](CO)n1cc(-c2cc(C(=O)N3CCN(C(=O)OC(C)(C)C)CC3)cc(-c3cn([C@@H](CCC(=O)OC(C)(C)C)C(=O)OC(C)(C)C)nn3)c2)nn1. The molecule has 4 rings (SSSR count). The van der Waals surface area contributed by atoms with Gasteiger partial charge in [0.25, 0.3) is 5.91 Å². The van der Waals surface area contributed by atoms with Crippen LogP contribution in [-0.2, 0) is 33.3 Å². The van der Waals surface area contributed by atoms with Crippen molar-refractivity contribution in [2.45, 2.75) is 104 Å². The molecule has 1 fully saturated rings. The van der Waals surface area contributed by atoms with Crippen LogP contribution >= 0.6 is 0 Å². The lowest BCUT2D eigenvalue weighted by Gasteiger charge is -2.35. The van der Waals surface area contributed by atoms with Gasteiger partial charge < -0.3 is 33.9 Å². The molecule has 18 heteroatoms. The molecule has 0 radical (unpaired) electrons. The van der Waals surface area contributed by atoms with E-state index >= 15 is 0 Å². The smallest absolute Gasteiger partial charge is 0.410 e. The predicted molar refractivity (Wildman–Crippen MR) is 196 cm³/mol. The zero-order valence-electron chi connectivity index (χ0n) is 33.2. The summed E-state index contributed by atoms with van der Waals surface area (Å²) in [6.45, 7) is 16.2. The number of hydrogen-bond donors (Lipinski definition) is 1. The maximum atomic E-state index is 14.1. The summed E-state index contributed by atoms with van der Waals surface area (Å²) in [5, 5.41) is 26.6. The number of aliphatic hydroxyl groups excluding tert-OH is 1. The number of aliphatic hydroxyl groups is 1. The number of nitrogens with zero attached hydrogens (tertiary/aromatic N) is 8. The fourth-order valence-electron chi connectivity index (χ4n) is 5.55. The summed E-state index contributed by atoms with van der Waals surface area (Å²) < 4.78 is 23.9. The summed E-state index contributed by atoms with van der Waals surface area (Å²) >= 11 is 0. The zero-order chi connectivity index (χ0) is 40.9. The monoisotopic (exact) mass is 768 g/mol. The molecule has 0 saturated carbocycles. The van der Waals surface area contributed by atoms with Crippen LogP contribution in [0.5, 0.6) is 0 Å². The highest BCUT2D eigenvalue weighted by Crippen LogP contribution is 2.30. The van der Waals surface area contributed by atoms with Gasteiger partial charge in [0, 0.05) is 49.3 Å². The van der Waals surface area contributed by atoms with E-state index in [-0.39, 0.29) is 61.9 Å². The summed E-state index contributed by atoms with van der Waals surface area (Å²) in [5.74, 6) is -2.17. The van der Waals surface area contributed by atoms with E-state index in [1.54, 1.807) is 90.3 Å². The molecule has 0 aliphatic carbocycles. The molecule has 2 atom stereocenters. The molecule has 2 aromatic heterocycles. The lowest BCUT2D eigenvalue weighted by Crippen LogP contribution is -2.51. The maximum absolute atomic E-state index is 14.1. The molecular formula is C37H52N8O10. The average molecular weight is 769 g/mol. The van der Waals surface area contributed by atoms with Crippen LogP contribution < -0.4 is 0 Å². The highest BCUT2D eigenvalue weighted by molar-refractivity contribution is 5.97. The van der Waals surface area contributed by atoms with Crippen molar-refractivity contribution in [3.05, 3.63) is 36.2 Å². The second kappa shape index (κ2) is 17.0. The number of carbonyl (C=O) groups is 5. The Kier molecular flexibility index (Phi) is 13.1. The maximum Gasteiger partial charge on any atom is 0.410 e. The minimum Gasteiger partial charge on any atom is -0.467 e. The molecule has 1 N–H and O–H groups in total. The highest BCUT2D eigenvalue weighted by Gasteiger charge is 2.32. The van der Waals surface area contributed by atoms with Crippen LogP contribution in [0.3, 0.4) is 0 Å². The first kappa shape index (κ1) is 42.4. The lowest BCUT2D eigenvalue weighted by atomic mass is 10.0. The molecular weight excluding hydrogens is 716 g/mol. The standard InChI is InChI=1S/C37H52N8O10/c1-35(2,3)53-30(47)12-11-28(33(50)54-36(4,5)6)44-20-26(38-40-44)23-17-24(27-21-45(41-39-27)29(22-46)32(49)52-10)19-25(18-23)31(48)42-13-15-43(16-14-42)34(51)55-37(7,8)9/h17-21,28-29,46H,11-16,22H2,1-10H3/t28-,29-/m0/s1. The van der Waals surface area contributed by atoms with Crippen molar-refractivity contribution in [1.29, 1.82) is 0 Å². The van der Waals surface area contributed by atoms with Crippen LogP contribution in [0, 0.1) is 0 Å². The van der Waals surface area contributed by atoms with Gasteiger partial charge in [-0.15, -0.1) is 10.2 Å². The van der Waals surface area contributed by atoms with Gasteiger partial charge in [-0.05, 0) is 86.9 Å². The van der Waals surface area contributed by atoms with Crippen molar-refractivity contribution in [2.24, 2.45) is 0 Å². The molecule has 18 nitrogen and oxygen atoms in total. The fourth-order valence-corrected chi connectivity index (χ4v) is 5.55. The third kappa shape index (κ3) is 11.8. The first-order valence-electron chi connectivity index (χ1n) is 18.0. The van der Waals surface area contributed by atoms with Crippen molar-refractivity contribution in [3.8, 4) is 22.5 Å². The molecule has 1 aliphatic heterocycles. The van der Waals surface area contributed by atoms with Crippen molar-refractivity contribution in [3.63, 3.8) is 0 Å². The van der Waals surface area contributed by atoms with Crippen LogP contribution in [0.2, 0.25) is 0 Å². The zero-order valence-corrected chi connectivity index (χ0v) is 33.2. The van der Waals surface area contributed by atoms with Crippen molar-refractivity contribution < 1.29 is 48.0 Å².